The molecule has 0 aliphatic carbocycles. The van der Waals surface area contributed by atoms with Gasteiger partial charge in [0.15, 0.2) is 5.82 Å². The smallest absolute Gasteiger partial charge is 0.229 e. The fraction of sp³-hybridized carbons (Fsp3) is 0.261. The summed E-state index contributed by atoms with van der Waals surface area (Å²) in [6.45, 7) is 3.95. The van der Waals surface area contributed by atoms with Gasteiger partial charge in [-0.05, 0) is 60.7 Å². The third kappa shape index (κ3) is 4.54. The summed E-state index contributed by atoms with van der Waals surface area (Å²) in [7, 11) is 0. The molecule has 6 bridgehead atoms. The summed E-state index contributed by atoms with van der Waals surface area (Å²) >= 11 is 6.31. The first kappa shape index (κ1) is 20.2. The van der Waals surface area contributed by atoms with E-state index in [1.54, 1.807) is 6.20 Å². The number of hydrogen-bond acceptors (Lipinski definition) is 5. The number of carbonyl (C=O) groups is 1. The van der Waals surface area contributed by atoms with Crippen molar-refractivity contribution in [1.82, 2.24) is 9.97 Å². The van der Waals surface area contributed by atoms with Crippen molar-refractivity contribution in [2.75, 3.05) is 16.0 Å². The molecule has 1 amide bonds. The zero-order valence-electron chi connectivity index (χ0n) is 17.0. The van der Waals surface area contributed by atoms with Crippen LogP contribution in [0.3, 0.4) is 0 Å². The maximum absolute atomic E-state index is 12.5. The van der Waals surface area contributed by atoms with Gasteiger partial charge in [-0.25, -0.2) is 4.98 Å². The molecule has 0 spiro atoms. The molecule has 1 aliphatic rings. The molecule has 1 aliphatic heterocycles. The number of hydrogen-bond donors (Lipinski definition) is 3. The molecule has 2 aromatic carbocycles. The Bertz CT molecular complexity index is 1080. The summed E-state index contributed by atoms with van der Waals surface area (Å²) in [5.74, 6) is 0.987. The van der Waals surface area contributed by atoms with Crippen LogP contribution < -0.4 is 16.0 Å². The number of rotatable bonds is 3. The third-order valence-electron chi connectivity index (χ3n) is 5.30. The van der Waals surface area contributed by atoms with Crippen molar-refractivity contribution in [1.29, 1.82) is 0 Å². The van der Waals surface area contributed by atoms with E-state index in [0.717, 1.165) is 41.9 Å². The second-order valence-corrected chi connectivity index (χ2v) is 7.92. The van der Waals surface area contributed by atoms with Gasteiger partial charge < -0.3 is 16.0 Å². The minimum atomic E-state index is -0.0363. The van der Waals surface area contributed by atoms with Gasteiger partial charge in [0.2, 0.25) is 11.9 Å². The van der Waals surface area contributed by atoms with Crippen LogP contribution in [0.1, 0.15) is 31.4 Å². The molecule has 0 radical (unpaired) electrons. The lowest BCUT2D eigenvalue weighted by Gasteiger charge is -2.16. The predicted octanol–water partition coefficient (Wildman–Crippen LogP) is 5.70. The van der Waals surface area contributed by atoms with Crippen LogP contribution in [-0.4, -0.2) is 15.9 Å². The van der Waals surface area contributed by atoms with Crippen LogP contribution in [0.2, 0.25) is 5.02 Å². The first-order chi connectivity index (χ1) is 14.5. The fourth-order valence-corrected chi connectivity index (χ4v) is 3.44. The number of fused-ring (bicyclic) bond motifs is 6. The van der Waals surface area contributed by atoms with Gasteiger partial charge in [0.1, 0.15) is 5.02 Å². The van der Waals surface area contributed by atoms with Crippen LogP contribution in [0.25, 0.3) is 0 Å². The van der Waals surface area contributed by atoms with Crippen molar-refractivity contribution in [3.05, 3.63) is 64.8 Å². The summed E-state index contributed by atoms with van der Waals surface area (Å²) in [6, 6.07) is 14.1. The van der Waals surface area contributed by atoms with E-state index in [-0.39, 0.29) is 11.8 Å². The van der Waals surface area contributed by atoms with E-state index in [4.69, 9.17) is 11.6 Å². The Morgan fingerprint density at radius 1 is 1.17 bits per heavy atom. The minimum Gasteiger partial charge on any atom is -0.339 e. The summed E-state index contributed by atoms with van der Waals surface area (Å²) in [5, 5.41) is 10.0. The summed E-state index contributed by atoms with van der Waals surface area (Å²) in [4.78, 5) is 21.3. The van der Waals surface area contributed by atoms with Crippen molar-refractivity contribution in [2.45, 2.75) is 33.1 Å². The van der Waals surface area contributed by atoms with Gasteiger partial charge in [0, 0.05) is 23.0 Å². The minimum absolute atomic E-state index is 0.0343. The molecule has 1 atom stereocenters. The van der Waals surface area contributed by atoms with Gasteiger partial charge in [0.05, 0.1) is 6.20 Å². The number of nitrogens with one attached hydrogen (secondary N) is 3. The van der Waals surface area contributed by atoms with Crippen LogP contribution in [0, 0.1) is 5.92 Å². The van der Waals surface area contributed by atoms with Crippen molar-refractivity contribution >= 4 is 46.3 Å². The molecule has 6 nitrogen and oxygen atoms in total. The molecule has 3 aromatic rings. The van der Waals surface area contributed by atoms with E-state index < -0.39 is 0 Å². The molecule has 3 N–H and O–H groups in total. The topological polar surface area (TPSA) is 78.9 Å². The Kier molecular flexibility index (Phi) is 5.86. The number of nitrogens with zero attached hydrogens (tertiary/aromatic N) is 2. The van der Waals surface area contributed by atoms with Crippen molar-refractivity contribution in [3.8, 4) is 0 Å². The molecule has 0 saturated carbocycles. The second-order valence-electron chi connectivity index (χ2n) is 7.51. The Hall–Kier alpha value is -3.12. The Balaban J connectivity index is 1.74. The number of benzene rings is 2. The fourth-order valence-electron chi connectivity index (χ4n) is 3.31. The molecule has 4 rings (SSSR count). The number of carbonyl (C=O) groups excluding carboxylic acids is 1. The molecule has 1 unspecified atom stereocenters. The van der Waals surface area contributed by atoms with E-state index in [2.05, 4.69) is 38.1 Å². The van der Waals surface area contributed by atoms with Gasteiger partial charge in [-0.2, -0.15) is 4.98 Å². The molecular weight excluding hydrogens is 398 g/mol. The lowest BCUT2D eigenvalue weighted by Crippen LogP contribution is -2.20. The van der Waals surface area contributed by atoms with E-state index in [1.807, 2.05) is 44.2 Å². The molecular formula is C23H24ClN5O. The number of aromatic nitrogens is 2. The van der Waals surface area contributed by atoms with E-state index in [9.17, 15) is 4.79 Å². The monoisotopic (exact) mass is 421 g/mol. The van der Waals surface area contributed by atoms with Crippen LogP contribution >= 0.6 is 11.6 Å². The first-order valence-electron chi connectivity index (χ1n) is 10.1. The van der Waals surface area contributed by atoms with E-state index >= 15 is 0 Å². The average Bonchev–Trinajstić information content (AvgIpc) is 2.75. The molecule has 154 valence electrons. The highest BCUT2D eigenvalue weighted by Crippen LogP contribution is 2.29. The van der Waals surface area contributed by atoms with Crippen molar-refractivity contribution < 1.29 is 4.79 Å². The normalized spacial score (nSPS) is 13.6. The number of anilines is 5. The van der Waals surface area contributed by atoms with Gasteiger partial charge >= 0.3 is 0 Å². The van der Waals surface area contributed by atoms with Crippen molar-refractivity contribution in [2.24, 2.45) is 5.92 Å². The summed E-state index contributed by atoms with van der Waals surface area (Å²) in [6.07, 6.45) is 4.00. The van der Waals surface area contributed by atoms with Crippen LogP contribution in [0.15, 0.2) is 48.7 Å². The summed E-state index contributed by atoms with van der Waals surface area (Å²) < 4.78 is 0. The van der Waals surface area contributed by atoms with E-state index in [1.165, 1.54) is 5.56 Å². The SMILES string of the molecule is CCC(C)C(=O)Nc1ccc2cc1CCc1cccc(c1)Nc1ncc(Cl)c(n1)N2. The Morgan fingerprint density at radius 3 is 2.83 bits per heavy atom. The molecule has 2 heterocycles. The second kappa shape index (κ2) is 8.71. The first-order valence-corrected chi connectivity index (χ1v) is 10.5. The van der Waals surface area contributed by atoms with Crippen molar-refractivity contribution in [3.63, 3.8) is 0 Å². The summed E-state index contributed by atoms with van der Waals surface area (Å²) in [5.41, 5.74) is 4.84. The third-order valence-corrected chi connectivity index (χ3v) is 5.57. The lowest BCUT2D eigenvalue weighted by atomic mass is 10.0. The molecule has 0 fully saturated rings. The molecule has 1 aromatic heterocycles. The van der Waals surface area contributed by atoms with Crippen LogP contribution in [0.4, 0.5) is 28.8 Å². The molecule has 7 heteroatoms. The largest absolute Gasteiger partial charge is 0.339 e. The quantitative estimate of drug-likeness (QED) is 0.505. The number of amides is 1. The van der Waals surface area contributed by atoms with Crippen LogP contribution in [-0.2, 0) is 17.6 Å². The number of halogens is 1. The highest BCUT2D eigenvalue weighted by atomic mass is 35.5. The zero-order chi connectivity index (χ0) is 21.1. The maximum atomic E-state index is 12.5. The predicted molar refractivity (Wildman–Crippen MR) is 122 cm³/mol. The van der Waals surface area contributed by atoms with Gasteiger partial charge in [-0.3, -0.25) is 4.79 Å². The number of aryl methyl sites for hydroxylation is 2. The molecule has 0 saturated heterocycles. The van der Waals surface area contributed by atoms with Gasteiger partial charge in [-0.1, -0.05) is 37.6 Å². The standard InChI is InChI=1S/C23H24ClN5O/c1-3-14(2)22(30)28-20-10-9-18-12-16(20)8-7-15-5-4-6-17(11-15)27-23-25-13-19(24)21(26-18)29-23/h4-6,9-14H,3,7-8H2,1-2H3,(H,28,30)(H2,25,26,27,29). The lowest BCUT2D eigenvalue weighted by molar-refractivity contribution is -0.119. The zero-order valence-corrected chi connectivity index (χ0v) is 17.8. The Morgan fingerprint density at radius 2 is 2.00 bits per heavy atom. The van der Waals surface area contributed by atoms with Crippen LogP contribution in [0.5, 0.6) is 0 Å². The molecule has 30 heavy (non-hydrogen) atoms. The van der Waals surface area contributed by atoms with Gasteiger partial charge in [-0.15, -0.1) is 0 Å². The van der Waals surface area contributed by atoms with E-state index in [0.29, 0.717) is 16.8 Å². The Labute approximate surface area is 181 Å². The highest BCUT2D eigenvalue weighted by molar-refractivity contribution is 6.32. The maximum Gasteiger partial charge on any atom is 0.229 e. The van der Waals surface area contributed by atoms with Gasteiger partial charge in [0.25, 0.3) is 0 Å². The average molecular weight is 422 g/mol. The highest BCUT2D eigenvalue weighted by Gasteiger charge is 2.15.